The van der Waals surface area contributed by atoms with Gasteiger partial charge in [-0.3, -0.25) is 0 Å². The highest BCUT2D eigenvalue weighted by molar-refractivity contribution is 5.66. The van der Waals surface area contributed by atoms with Crippen LogP contribution in [0.2, 0.25) is 0 Å². The fourth-order valence-corrected chi connectivity index (χ4v) is 2.10. The quantitative estimate of drug-likeness (QED) is 0.718. The minimum atomic E-state index is 0.0354. The number of aromatic nitrogens is 2. The van der Waals surface area contributed by atoms with Gasteiger partial charge in [0.05, 0.1) is 5.56 Å². The molecule has 1 aromatic heterocycles. The van der Waals surface area contributed by atoms with Gasteiger partial charge < -0.3 is 15.4 Å². The van der Waals surface area contributed by atoms with Crippen molar-refractivity contribution in [1.29, 1.82) is 0 Å². The molecule has 0 aliphatic heterocycles. The molecule has 5 heteroatoms. The van der Waals surface area contributed by atoms with Crippen LogP contribution in [-0.4, -0.2) is 15.2 Å². The van der Waals surface area contributed by atoms with E-state index >= 15 is 0 Å². The Bertz CT molecular complexity index is 738. The van der Waals surface area contributed by atoms with Crippen LogP contribution in [0.5, 0.6) is 5.75 Å². The number of hydrogen-bond donors (Lipinski definition) is 2. The van der Waals surface area contributed by atoms with Crippen molar-refractivity contribution < 1.29 is 9.63 Å². The number of phenols is 1. The Balaban J connectivity index is 1.74. The van der Waals surface area contributed by atoms with E-state index in [1.807, 2.05) is 18.2 Å². The summed E-state index contributed by atoms with van der Waals surface area (Å²) >= 11 is 0. The molecule has 3 rings (SSSR count). The van der Waals surface area contributed by atoms with Crippen LogP contribution in [0.25, 0.3) is 11.5 Å². The van der Waals surface area contributed by atoms with Crippen LogP contribution in [0.1, 0.15) is 11.4 Å². The number of nitrogens with two attached hydrogens (primary N) is 1. The highest BCUT2D eigenvalue weighted by Gasteiger charge is 2.13. The van der Waals surface area contributed by atoms with E-state index in [9.17, 15) is 5.11 Å². The van der Waals surface area contributed by atoms with Gasteiger partial charge in [-0.05, 0) is 24.1 Å². The van der Waals surface area contributed by atoms with E-state index in [0.29, 0.717) is 29.4 Å². The van der Waals surface area contributed by atoms with Gasteiger partial charge in [0.15, 0.2) is 5.82 Å². The molecule has 0 amide bonds. The lowest BCUT2D eigenvalue weighted by atomic mass is 10.1. The van der Waals surface area contributed by atoms with E-state index in [1.54, 1.807) is 12.1 Å². The van der Waals surface area contributed by atoms with E-state index < -0.39 is 0 Å². The number of aromatic hydroxyl groups is 1. The van der Waals surface area contributed by atoms with Gasteiger partial charge in [-0.2, -0.15) is 4.98 Å². The summed E-state index contributed by atoms with van der Waals surface area (Å²) in [4.78, 5) is 4.31. The van der Waals surface area contributed by atoms with Crippen molar-refractivity contribution in [2.24, 2.45) is 0 Å². The van der Waals surface area contributed by atoms with E-state index in [4.69, 9.17) is 10.3 Å². The molecule has 1 heterocycles. The van der Waals surface area contributed by atoms with Gasteiger partial charge in [-0.25, -0.2) is 0 Å². The van der Waals surface area contributed by atoms with Gasteiger partial charge in [0.25, 0.3) is 5.89 Å². The molecule has 0 unspecified atom stereocenters. The molecule has 3 N–H and O–H groups in total. The molecule has 0 aliphatic carbocycles. The zero-order valence-electron chi connectivity index (χ0n) is 11.4. The first-order valence-electron chi connectivity index (χ1n) is 6.68. The van der Waals surface area contributed by atoms with Gasteiger partial charge in [-0.15, -0.1) is 0 Å². The number of anilines is 1. The summed E-state index contributed by atoms with van der Waals surface area (Å²) in [5.74, 6) is 0.953. The lowest BCUT2D eigenvalue weighted by Crippen LogP contribution is -1.93. The van der Waals surface area contributed by atoms with Crippen molar-refractivity contribution in [2.45, 2.75) is 12.8 Å². The second-order valence-electron chi connectivity index (χ2n) is 4.78. The molecule has 0 bridgehead atoms. The first-order chi connectivity index (χ1) is 10.2. The third-order valence-electron chi connectivity index (χ3n) is 3.20. The van der Waals surface area contributed by atoms with Gasteiger partial charge in [-0.1, -0.05) is 35.5 Å². The van der Waals surface area contributed by atoms with Crippen LogP contribution in [-0.2, 0) is 12.8 Å². The van der Waals surface area contributed by atoms with Gasteiger partial charge in [0, 0.05) is 18.2 Å². The average molecular weight is 281 g/mol. The largest absolute Gasteiger partial charge is 0.507 e. The lowest BCUT2D eigenvalue weighted by Gasteiger charge is -1.99. The minimum Gasteiger partial charge on any atom is -0.507 e. The topological polar surface area (TPSA) is 85.2 Å². The van der Waals surface area contributed by atoms with Crippen LogP contribution >= 0.6 is 0 Å². The van der Waals surface area contributed by atoms with Gasteiger partial charge in [0.1, 0.15) is 5.75 Å². The van der Waals surface area contributed by atoms with Crippen molar-refractivity contribution in [3.05, 3.63) is 59.9 Å². The summed E-state index contributed by atoms with van der Waals surface area (Å²) in [6.45, 7) is 0. The highest BCUT2D eigenvalue weighted by Crippen LogP contribution is 2.29. The van der Waals surface area contributed by atoms with Crippen molar-refractivity contribution in [3.63, 3.8) is 0 Å². The van der Waals surface area contributed by atoms with E-state index in [0.717, 1.165) is 6.42 Å². The zero-order chi connectivity index (χ0) is 14.7. The summed E-state index contributed by atoms with van der Waals surface area (Å²) in [7, 11) is 0. The Morgan fingerprint density at radius 1 is 1.05 bits per heavy atom. The normalized spacial score (nSPS) is 10.7. The van der Waals surface area contributed by atoms with E-state index in [1.165, 1.54) is 11.6 Å². The molecule has 21 heavy (non-hydrogen) atoms. The summed E-state index contributed by atoms with van der Waals surface area (Å²) in [6.07, 6.45) is 1.52. The van der Waals surface area contributed by atoms with Crippen LogP contribution < -0.4 is 5.73 Å². The Labute approximate surface area is 122 Å². The molecular formula is C16H15N3O2. The number of phenolic OH excluding ortho intramolecular Hbond substituents is 1. The van der Waals surface area contributed by atoms with E-state index in [2.05, 4.69) is 22.3 Å². The number of rotatable bonds is 4. The first-order valence-corrected chi connectivity index (χ1v) is 6.68. The molecule has 3 aromatic rings. The van der Waals surface area contributed by atoms with Crippen molar-refractivity contribution in [3.8, 4) is 17.2 Å². The van der Waals surface area contributed by atoms with Crippen molar-refractivity contribution in [2.75, 3.05) is 5.73 Å². The maximum Gasteiger partial charge on any atom is 0.261 e. The first kappa shape index (κ1) is 13.2. The Hall–Kier alpha value is -2.82. The van der Waals surface area contributed by atoms with E-state index in [-0.39, 0.29) is 5.75 Å². The van der Waals surface area contributed by atoms with Crippen molar-refractivity contribution in [1.82, 2.24) is 10.1 Å². The molecule has 5 nitrogen and oxygen atoms in total. The molecule has 0 fully saturated rings. The van der Waals surface area contributed by atoms with Crippen LogP contribution in [0.15, 0.2) is 53.1 Å². The lowest BCUT2D eigenvalue weighted by molar-refractivity contribution is 0.417. The van der Waals surface area contributed by atoms with Crippen LogP contribution in [0.4, 0.5) is 5.69 Å². The number of nitrogens with zero attached hydrogens (tertiary/aromatic N) is 2. The summed E-state index contributed by atoms with van der Waals surface area (Å²) in [6, 6.07) is 14.9. The molecular weight excluding hydrogens is 266 g/mol. The predicted octanol–water partition coefficient (Wildman–Crippen LogP) is 2.81. The summed E-state index contributed by atoms with van der Waals surface area (Å²) in [5.41, 5.74) is 7.79. The molecule has 2 aromatic carbocycles. The predicted molar refractivity (Wildman–Crippen MR) is 79.7 cm³/mol. The zero-order valence-corrected chi connectivity index (χ0v) is 11.4. The molecule has 0 spiro atoms. The molecule has 0 atom stereocenters. The highest BCUT2D eigenvalue weighted by atomic mass is 16.5. The van der Waals surface area contributed by atoms with Crippen molar-refractivity contribution >= 4 is 5.69 Å². The number of benzene rings is 2. The average Bonchev–Trinajstić information content (AvgIpc) is 2.95. The molecule has 0 saturated heterocycles. The number of hydrogen-bond acceptors (Lipinski definition) is 5. The fourth-order valence-electron chi connectivity index (χ4n) is 2.10. The number of nitrogen functional groups attached to an aromatic ring is 1. The Kier molecular flexibility index (Phi) is 3.55. The standard InChI is InChI=1S/C16H15N3O2/c17-12-7-8-13(14(20)10-12)16-18-15(19-21-16)9-6-11-4-2-1-3-5-11/h1-5,7-8,10,20H,6,9,17H2. The second kappa shape index (κ2) is 5.66. The molecule has 0 saturated carbocycles. The second-order valence-corrected chi connectivity index (χ2v) is 4.78. The number of aryl methyl sites for hydroxylation is 2. The Morgan fingerprint density at radius 2 is 1.86 bits per heavy atom. The molecule has 106 valence electrons. The molecule has 0 radical (unpaired) electrons. The third kappa shape index (κ3) is 3.02. The monoisotopic (exact) mass is 281 g/mol. The molecule has 0 aliphatic rings. The third-order valence-corrected chi connectivity index (χ3v) is 3.20. The van der Waals surface area contributed by atoms with Crippen LogP contribution in [0.3, 0.4) is 0 Å². The SMILES string of the molecule is Nc1ccc(-c2nc(CCc3ccccc3)no2)c(O)c1. The maximum atomic E-state index is 9.85. The maximum absolute atomic E-state index is 9.85. The Morgan fingerprint density at radius 3 is 2.62 bits per heavy atom. The summed E-state index contributed by atoms with van der Waals surface area (Å²) in [5, 5.41) is 13.8. The van der Waals surface area contributed by atoms with Crippen LogP contribution in [0, 0.1) is 0 Å². The smallest absolute Gasteiger partial charge is 0.261 e. The van der Waals surface area contributed by atoms with Gasteiger partial charge in [0.2, 0.25) is 0 Å². The van der Waals surface area contributed by atoms with Gasteiger partial charge >= 0.3 is 0 Å². The minimum absolute atomic E-state index is 0.0354. The summed E-state index contributed by atoms with van der Waals surface area (Å²) < 4.78 is 5.20. The fraction of sp³-hybridized carbons (Fsp3) is 0.125.